The molecule has 2 heteroatoms. The van der Waals surface area contributed by atoms with Crippen LogP contribution in [-0.2, 0) is 0 Å². The van der Waals surface area contributed by atoms with Crippen LogP contribution in [0, 0.1) is 0 Å². The highest BCUT2D eigenvalue weighted by atomic mass is 14.7. The minimum Gasteiger partial charge on any atom is -0.271 e. The van der Waals surface area contributed by atoms with Gasteiger partial charge in [-0.05, 0) is 13.1 Å². The Morgan fingerprint density at radius 3 is 2.75 bits per heavy atom. The lowest BCUT2D eigenvalue weighted by Gasteiger charge is -1.72. The first kappa shape index (κ1) is 7.08. The Morgan fingerprint density at radius 1 is 1.50 bits per heavy atom. The Labute approximate surface area is 49.7 Å². The molecule has 0 aromatic rings. The van der Waals surface area contributed by atoms with Crippen LogP contribution in [0.3, 0.4) is 0 Å². The van der Waals surface area contributed by atoms with Crippen LogP contribution in [0.1, 0.15) is 13.3 Å². The van der Waals surface area contributed by atoms with Crippen LogP contribution < -0.4 is 0 Å². The predicted octanol–water partition coefficient (Wildman–Crippen LogP) is 1.64. The molecule has 44 valence electrons. The van der Waals surface area contributed by atoms with Crippen molar-refractivity contribution < 1.29 is 0 Å². The van der Waals surface area contributed by atoms with E-state index in [2.05, 4.69) is 16.7 Å². The largest absolute Gasteiger partial charge is 0.271 e. The number of aliphatic imine (C=N–C) groups is 2. The third-order valence-electron chi connectivity index (χ3n) is 0.546. The van der Waals surface area contributed by atoms with Gasteiger partial charge in [0.1, 0.15) is 0 Å². The average Bonchev–Trinajstić information content (AvgIpc) is 1.81. The molecule has 0 saturated heterocycles. The second-order valence-electron chi connectivity index (χ2n) is 1.22. The van der Waals surface area contributed by atoms with Crippen molar-refractivity contribution in [2.45, 2.75) is 13.3 Å². The average molecular weight is 110 g/mol. The van der Waals surface area contributed by atoms with Gasteiger partial charge < -0.3 is 0 Å². The summed E-state index contributed by atoms with van der Waals surface area (Å²) < 4.78 is 0. The molecule has 0 radical (unpaired) electrons. The summed E-state index contributed by atoms with van der Waals surface area (Å²) in [6.45, 7) is 5.27. The van der Waals surface area contributed by atoms with Crippen molar-refractivity contribution in [3.05, 3.63) is 12.4 Å². The summed E-state index contributed by atoms with van der Waals surface area (Å²) >= 11 is 0. The molecule has 0 bridgehead atoms. The van der Waals surface area contributed by atoms with Crippen LogP contribution in [0.15, 0.2) is 22.4 Å². The smallest absolute Gasteiger partial charge is 0.0446 e. The van der Waals surface area contributed by atoms with E-state index in [1.165, 1.54) is 0 Å². The Morgan fingerprint density at radius 2 is 2.25 bits per heavy atom. The molecular formula is C6H10N2. The van der Waals surface area contributed by atoms with Gasteiger partial charge in [-0.2, -0.15) is 0 Å². The normalized spacial score (nSPS) is 11.1. The van der Waals surface area contributed by atoms with Crippen molar-refractivity contribution in [1.29, 1.82) is 0 Å². The van der Waals surface area contributed by atoms with E-state index in [4.69, 9.17) is 0 Å². The van der Waals surface area contributed by atoms with E-state index in [0.29, 0.717) is 0 Å². The molecular weight excluding hydrogens is 100 g/mol. The molecule has 0 aromatic heterocycles. The summed E-state index contributed by atoms with van der Waals surface area (Å²) in [5, 5.41) is 0. The summed E-state index contributed by atoms with van der Waals surface area (Å²) in [6, 6.07) is 0. The molecule has 8 heavy (non-hydrogen) atoms. The highest BCUT2D eigenvalue weighted by Gasteiger charge is 1.59. The molecule has 2 nitrogen and oxygen atoms in total. The summed E-state index contributed by atoms with van der Waals surface area (Å²) in [5.41, 5.74) is 0. The zero-order chi connectivity index (χ0) is 6.24. The fourth-order valence-corrected chi connectivity index (χ4v) is 0.252. The summed E-state index contributed by atoms with van der Waals surface area (Å²) in [7, 11) is 0. The quantitative estimate of drug-likeness (QED) is 0.493. The van der Waals surface area contributed by atoms with E-state index < -0.39 is 0 Å². The topological polar surface area (TPSA) is 24.7 Å². The number of hydrogen-bond donors (Lipinski definition) is 0. The number of nitrogens with zero attached hydrogens (tertiary/aromatic N) is 2. The molecule has 0 unspecified atom stereocenters. The van der Waals surface area contributed by atoms with Gasteiger partial charge in [0.05, 0.1) is 0 Å². The Bertz CT molecular complexity index is 103. The summed E-state index contributed by atoms with van der Waals surface area (Å²) in [5.74, 6) is 0. The van der Waals surface area contributed by atoms with Crippen molar-refractivity contribution in [3.63, 3.8) is 0 Å². The highest BCUT2D eigenvalue weighted by Crippen LogP contribution is 1.74. The summed E-state index contributed by atoms with van der Waals surface area (Å²) in [6.07, 6.45) is 5.92. The second kappa shape index (κ2) is 6.08. The van der Waals surface area contributed by atoms with Crippen molar-refractivity contribution in [2.24, 2.45) is 9.98 Å². The monoisotopic (exact) mass is 110 g/mol. The van der Waals surface area contributed by atoms with E-state index in [1.54, 1.807) is 12.4 Å². The van der Waals surface area contributed by atoms with E-state index >= 15 is 0 Å². The van der Waals surface area contributed by atoms with Crippen molar-refractivity contribution in [3.8, 4) is 0 Å². The van der Waals surface area contributed by atoms with Crippen LogP contribution in [0.2, 0.25) is 0 Å². The minimum atomic E-state index is 0.960. The second-order valence-corrected chi connectivity index (χ2v) is 1.22. The van der Waals surface area contributed by atoms with Crippen molar-refractivity contribution >= 4 is 12.9 Å². The van der Waals surface area contributed by atoms with Crippen LogP contribution >= 0.6 is 0 Å². The molecule has 0 atom stereocenters. The molecule has 0 rings (SSSR count). The lowest BCUT2D eigenvalue weighted by atomic mass is 10.5. The molecule has 0 aromatic carbocycles. The van der Waals surface area contributed by atoms with Gasteiger partial charge in [0.2, 0.25) is 0 Å². The van der Waals surface area contributed by atoms with Gasteiger partial charge in [-0.15, -0.1) is 0 Å². The maximum absolute atomic E-state index is 3.84. The molecule has 0 aliphatic carbocycles. The molecule has 0 heterocycles. The highest BCUT2D eigenvalue weighted by molar-refractivity contribution is 5.57. The fraction of sp³-hybridized carbons (Fsp3) is 0.333. The number of hydrogen-bond acceptors (Lipinski definition) is 2. The lowest BCUT2D eigenvalue weighted by Crippen LogP contribution is -1.61. The minimum absolute atomic E-state index is 0.960. The van der Waals surface area contributed by atoms with Crippen molar-refractivity contribution in [1.82, 2.24) is 0 Å². The van der Waals surface area contributed by atoms with Gasteiger partial charge in [0.25, 0.3) is 0 Å². The maximum Gasteiger partial charge on any atom is 0.0446 e. The van der Waals surface area contributed by atoms with Gasteiger partial charge in [0.15, 0.2) is 0 Å². The maximum atomic E-state index is 3.84. The Hall–Kier alpha value is -0.920. The van der Waals surface area contributed by atoms with Crippen molar-refractivity contribution in [2.75, 3.05) is 0 Å². The lowest BCUT2D eigenvalue weighted by molar-refractivity contribution is 1.31. The third-order valence-corrected chi connectivity index (χ3v) is 0.546. The Kier molecular flexibility index (Phi) is 5.38. The van der Waals surface area contributed by atoms with Gasteiger partial charge >= 0.3 is 0 Å². The van der Waals surface area contributed by atoms with Gasteiger partial charge in [-0.25, -0.2) is 0 Å². The predicted molar refractivity (Wildman–Crippen MR) is 37.5 cm³/mol. The van der Waals surface area contributed by atoms with E-state index in [0.717, 1.165) is 6.42 Å². The molecule has 0 aliphatic rings. The molecule has 0 fully saturated rings. The zero-order valence-corrected chi connectivity index (χ0v) is 5.04. The SMILES string of the molecule is C=N/C=C\N=CCC. The third kappa shape index (κ3) is 5.08. The Balaban J connectivity index is 3.26. The first-order valence-electron chi connectivity index (χ1n) is 2.54. The fourth-order valence-electron chi connectivity index (χ4n) is 0.252. The molecule has 0 amide bonds. The number of rotatable bonds is 3. The summed E-state index contributed by atoms with van der Waals surface area (Å²) in [4.78, 5) is 7.30. The van der Waals surface area contributed by atoms with Crippen LogP contribution in [0.5, 0.6) is 0 Å². The van der Waals surface area contributed by atoms with Gasteiger partial charge in [0, 0.05) is 18.6 Å². The van der Waals surface area contributed by atoms with Gasteiger partial charge in [-0.1, -0.05) is 6.92 Å². The van der Waals surface area contributed by atoms with E-state index in [-0.39, 0.29) is 0 Å². The van der Waals surface area contributed by atoms with Gasteiger partial charge in [-0.3, -0.25) is 9.98 Å². The zero-order valence-electron chi connectivity index (χ0n) is 5.04. The van der Waals surface area contributed by atoms with Crippen LogP contribution in [0.25, 0.3) is 0 Å². The molecule has 0 saturated carbocycles. The van der Waals surface area contributed by atoms with E-state index in [1.807, 2.05) is 13.1 Å². The van der Waals surface area contributed by atoms with Crippen LogP contribution in [0.4, 0.5) is 0 Å². The first-order valence-corrected chi connectivity index (χ1v) is 2.54. The van der Waals surface area contributed by atoms with E-state index in [9.17, 15) is 0 Å². The van der Waals surface area contributed by atoms with Crippen LogP contribution in [-0.4, -0.2) is 12.9 Å². The standard InChI is InChI=1S/C6H10N2/c1-3-4-8-6-5-7-2/h4-6H,2-3H2,1H3/b6-5-,8-4?. The molecule has 0 spiro atoms. The molecule has 0 N–H and O–H groups in total. The first-order chi connectivity index (χ1) is 3.91. The molecule has 0 aliphatic heterocycles.